The highest BCUT2D eigenvalue weighted by atomic mass is 32.2. The van der Waals surface area contributed by atoms with E-state index in [1.165, 1.54) is 0 Å². The van der Waals surface area contributed by atoms with Crippen LogP contribution in [0.3, 0.4) is 0 Å². The van der Waals surface area contributed by atoms with Gasteiger partial charge in [0, 0.05) is 43.8 Å². The highest BCUT2D eigenvalue weighted by Gasteiger charge is 2.26. The average molecular weight is 324 g/mol. The molecule has 0 radical (unpaired) electrons. The summed E-state index contributed by atoms with van der Waals surface area (Å²) in [6.07, 6.45) is 3.48. The van der Waals surface area contributed by atoms with Gasteiger partial charge in [0.25, 0.3) is 0 Å². The van der Waals surface area contributed by atoms with Crippen molar-refractivity contribution in [1.82, 2.24) is 20.2 Å². The minimum atomic E-state index is -0.0590. The number of hydrogen-bond acceptors (Lipinski definition) is 4. The van der Waals surface area contributed by atoms with Gasteiger partial charge in [-0.2, -0.15) is 11.8 Å². The molecular weight excluding hydrogens is 300 g/mol. The molecule has 6 nitrogen and oxygen atoms in total. The van der Waals surface area contributed by atoms with Crippen molar-refractivity contribution in [1.29, 1.82) is 0 Å². The number of carbonyl (C=O) groups is 2. The summed E-state index contributed by atoms with van der Waals surface area (Å²) >= 11 is 1.76. The number of hydrogen-bond donors (Lipinski definition) is 2. The van der Waals surface area contributed by atoms with E-state index in [1.807, 2.05) is 6.92 Å². The maximum atomic E-state index is 12.1. The Morgan fingerprint density at radius 3 is 3.05 bits per heavy atom. The molecule has 1 saturated heterocycles. The minimum absolute atomic E-state index is 0.0578. The van der Waals surface area contributed by atoms with Gasteiger partial charge in [0.05, 0.1) is 17.9 Å². The number of rotatable bonds is 6. The molecule has 2 N–H and O–H groups in total. The second kappa shape index (κ2) is 8.22. The van der Waals surface area contributed by atoms with Crippen LogP contribution in [0, 0.1) is 12.8 Å². The van der Waals surface area contributed by atoms with Gasteiger partial charge in [-0.25, -0.2) is 4.98 Å². The lowest BCUT2D eigenvalue weighted by Gasteiger charge is -2.31. The lowest BCUT2D eigenvalue weighted by atomic mass is 9.97. The van der Waals surface area contributed by atoms with Crippen LogP contribution in [-0.4, -0.2) is 52.1 Å². The Bertz CT molecular complexity index is 517. The van der Waals surface area contributed by atoms with Gasteiger partial charge < -0.3 is 15.2 Å². The van der Waals surface area contributed by atoms with E-state index in [1.54, 1.807) is 29.9 Å². The summed E-state index contributed by atoms with van der Waals surface area (Å²) in [7, 11) is 0. The first kappa shape index (κ1) is 16.9. The number of likely N-dealkylation sites (tertiary alicyclic amines) is 1. The maximum Gasteiger partial charge on any atom is 0.224 e. The van der Waals surface area contributed by atoms with E-state index in [4.69, 9.17) is 0 Å². The molecule has 0 aliphatic carbocycles. The Hall–Kier alpha value is -1.50. The molecule has 2 heterocycles. The summed E-state index contributed by atoms with van der Waals surface area (Å²) in [6, 6.07) is 0. The number of thioether (sulfide) groups is 1. The van der Waals surface area contributed by atoms with Gasteiger partial charge in [0.2, 0.25) is 11.8 Å². The first-order valence-corrected chi connectivity index (χ1v) is 8.83. The van der Waals surface area contributed by atoms with E-state index >= 15 is 0 Å². The molecule has 0 aromatic carbocycles. The monoisotopic (exact) mass is 324 g/mol. The first-order valence-electron chi connectivity index (χ1n) is 7.67. The van der Waals surface area contributed by atoms with Gasteiger partial charge in [-0.3, -0.25) is 9.59 Å². The number of nitrogens with one attached hydrogen (secondary N) is 2. The van der Waals surface area contributed by atoms with E-state index in [2.05, 4.69) is 15.3 Å². The number of aryl methyl sites for hydroxylation is 1. The molecule has 0 saturated carbocycles. The highest BCUT2D eigenvalue weighted by Crippen LogP contribution is 2.17. The van der Waals surface area contributed by atoms with Crippen molar-refractivity contribution in [2.75, 3.05) is 25.4 Å². The molecule has 122 valence electrons. The fraction of sp³-hybridized carbons (Fsp3) is 0.667. The van der Waals surface area contributed by atoms with Gasteiger partial charge >= 0.3 is 0 Å². The number of aromatic amines is 1. The predicted octanol–water partition coefficient (Wildman–Crippen LogP) is 1.33. The molecule has 0 unspecified atom stereocenters. The van der Waals surface area contributed by atoms with Crippen LogP contribution in [0.25, 0.3) is 0 Å². The van der Waals surface area contributed by atoms with Crippen molar-refractivity contribution in [3.8, 4) is 0 Å². The molecule has 2 amide bonds. The molecule has 2 rings (SSSR count). The average Bonchev–Trinajstić information content (AvgIpc) is 2.92. The van der Waals surface area contributed by atoms with Gasteiger partial charge in [-0.15, -0.1) is 0 Å². The number of nitrogens with zero attached hydrogens (tertiary/aromatic N) is 2. The Morgan fingerprint density at radius 1 is 1.55 bits per heavy atom. The number of aromatic nitrogens is 2. The van der Waals surface area contributed by atoms with E-state index in [-0.39, 0.29) is 17.7 Å². The van der Waals surface area contributed by atoms with Crippen molar-refractivity contribution >= 4 is 23.6 Å². The molecule has 1 aromatic rings. The molecule has 1 atom stereocenters. The third-order valence-electron chi connectivity index (χ3n) is 3.96. The Kier molecular flexibility index (Phi) is 6.30. The van der Waals surface area contributed by atoms with Crippen LogP contribution < -0.4 is 5.32 Å². The Balaban J connectivity index is 1.63. The van der Waals surface area contributed by atoms with Crippen LogP contribution in [0.1, 0.15) is 31.2 Å². The van der Waals surface area contributed by atoms with E-state index < -0.39 is 0 Å². The lowest BCUT2D eigenvalue weighted by molar-refractivity contribution is -0.133. The summed E-state index contributed by atoms with van der Waals surface area (Å²) < 4.78 is 0. The normalized spacial score (nSPS) is 18.3. The molecular formula is C15H24N4O2S. The van der Waals surface area contributed by atoms with Crippen molar-refractivity contribution in [2.24, 2.45) is 5.92 Å². The molecule has 7 heteroatoms. The van der Waals surface area contributed by atoms with Crippen molar-refractivity contribution in [3.63, 3.8) is 0 Å². The largest absolute Gasteiger partial charge is 0.355 e. The number of H-pyrrole nitrogens is 1. The summed E-state index contributed by atoms with van der Waals surface area (Å²) in [5.41, 5.74) is 2.17. The standard InChI is InChI=1S/C15H24N4O2S/c1-11-14(18-10-17-11)9-22-7-5-16-15(21)13-4-3-6-19(8-13)12(2)20/h10,13H,3-9H2,1-2H3,(H,16,21)(H,17,18)/t13-/m0/s1. The topological polar surface area (TPSA) is 78.1 Å². The molecule has 0 spiro atoms. The number of amides is 2. The summed E-state index contributed by atoms with van der Waals surface area (Å²) in [5.74, 6) is 1.79. The predicted molar refractivity (Wildman–Crippen MR) is 87.5 cm³/mol. The van der Waals surface area contributed by atoms with E-state index in [0.29, 0.717) is 13.1 Å². The number of carbonyl (C=O) groups excluding carboxylic acids is 2. The fourth-order valence-corrected chi connectivity index (χ4v) is 3.44. The van der Waals surface area contributed by atoms with Gasteiger partial charge in [0.15, 0.2) is 0 Å². The van der Waals surface area contributed by atoms with Gasteiger partial charge in [-0.05, 0) is 19.8 Å². The van der Waals surface area contributed by atoms with Crippen molar-refractivity contribution < 1.29 is 9.59 Å². The van der Waals surface area contributed by atoms with Crippen LogP contribution >= 0.6 is 11.8 Å². The smallest absolute Gasteiger partial charge is 0.224 e. The van der Waals surface area contributed by atoms with Crippen molar-refractivity contribution in [2.45, 2.75) is 32.4 Å². The minimum Gasteiger partial charge on any atom is -0.355 e. The molecule has 1 aliphatic rings. The molecule has 22 heavy (non-hydrogen) atoms. The Labute approximate surface area is 135 Å². The summed E-state index contributed by atoms with van der Waals surface area (Å²) in [4.78, 5) is 32.6. The number of imidazole rings is 1. The molecule has 1 fully saturated rings. The number of piperidine rings is 1. The third-order valence-corrected chi connectivity index (χ3v) is 4.93. The fourth-order valence-electron chi connectivity index (χ4n) is 2.57. The third kappa shape index (κ3) is 4.76. The first-order chi connectivity index (χ1) is 10.6. The summed E-state index contributed by atoms with van der Waals surface area (Å²) in [6.45, 7) is 5.56. The second-order valence-electron chi connectivity index (χ2n) is 5.62. The van der Waals surface area contributed by atoms with Crippen LogP contribution in [0.2, 0.25) is 0 Å². The zero-order valence-corrected chi connectivity index (χ0v) is 14.0. The van der Waals surface area contributed by atoms with E-state index in [0.717, 1.165) is 42.3 Å². The van der Waals surface area contributed by atoms with Crippen LogP contribution in [0.15, 0.2) is 6.33 Å². The quantitative estimate of drug-likeness (QED) is 0.774. The second-order valence-corrected chi connectivity index (χ2v) is 6.73. The molecule has 1 aromatic heterocycles. The summed E-state index contributed by atoms with van der Waals surface area (Å²) in [5, 5.41) is 2.98. The zero-order chi connectivity index (χ0) is 15.9. The molecule has 0 bridgehead atoms. The highest BCUT2D eigenvalue weighted by molar-refractivity contribution is 7.98. The van der Waals surface area contributed by atoms with Gasteiger partial charge in [-0.1, -0.05) is 0 Å². The SMILES string of the molecule is CC(=O)N1CCC[C@H](C(=O)NCCSCc2nc[nH]c2C)C1. The lowest BCUT2D eigenvalue weighted by Crippen LogP contribution is -2.45. The Morgan fingerprint density at radius 2 is 2.36 bits per heavy atom. The zero-order valence-electron chi connectivity index (χ0n) is 13.2. The molecule has 1 aliphatic heterocycles. The van der Waals surface area contributed by atoms with Crippen LogP contribution in [0.5, 0.6) is 0 Å². The van der Waals surface area contributed by atoms with Crippen LogP contribution in [0.4, 0.5) is 0 Å². The van der Waals surface area contributed by atoms with E-state index in [9.17, 15) is 9.59 Å². The maximum absolute atomic E-state index is 12.1. The van der Waals surface area contributed by atoms with Crippen molar-refractivity contribution in [3.05, 3.63) is 17.7 Å². The van der Waals surface area contributed by atoms with Gasteiger partial charge in [0.1, 0.15) is 0 Å². The van der Waals surface area contributed by atoms with Crippen LogP contribution in [-0.2, 0) is 15.3 Å².